The Balaban J connectivity index is 2.52. The maximum Gasteiger partial charge on any atom is 0.251 e. The molecule has 88 valence electrons. The molecule has 0 atom stereocenters. The lowest BCUT2D eigenvalue weighted by molar-refractivity contribution is 0.0963. The summed E-state index contributed by atoms with van der Waals surface area (Å²) < 4.78 is 0. The highest BCUT2D eigenvalue weighted by molar-refractivity contribution is 5.95. The molecule has 18 heavy (non-hydrogen) atoms. The Bertz CT molecular complexity index is 626. The maximum atomic E-state index is 11.6. The third-order valence-corrected chi connectivity index (χ3v) is 2.71. The number of nitrogens with one attached hydrogen (secondary N) is 1. The normalized spacial score (nSPS) is 9.56. The van der Waals surface area contributed by atoms with Gasteiger partial charge in [0.15, 0.2) is 0 Å². The van der Waals surface area contributed by atoms with Gasteiger partial charge >= 0.3 is 0 Å². The molecule has 0 aliphatic rings. The minimum absolute atomic E-state index is 0.133. The van der Waals surface area contributed by atoms with Crippen LogP contribution >= 0.6 is 0 Å². The van der Waals surface area contributed by atoms with Crippen LogP contribution in [0.1, 0.15) is 15.9 Å². The van der Waals surface area contributed by atoms with Crippen LogP contribution in [0.4, 0.5) is 0 Å². The van der Waals surface area contributed by atoms with Gasteiger partial charge < -0.3 is 5.32 Å². The molecule has 1 amide bonds. The van der Waals surface area contributed by atoms with Crippen molar-refractivity contribution in [2.24, 2.45) is 0 Å². The predicted molar refractivity (Wildman–Crippen MR) is 70.0 cm³/mol. The highest BCUT2D eigenvalue weighted by Crippen LogP contribution is 2.23. The predicted octanol–water partition coefficient (Wildman–Crippen LogP) is 2.58. The van der Waals surface area contributed by atoms with Crippen LogP contribution in [0.5, 0.6) is 0 Å². The highest BCUT2D eigenvalue weighted by Gasteiger charge is 2.07. The molecule has 2 aromatic carbocycles. The van der Waals surface area contributed by atoms with Gasteiger partial charge in [0.25, 0.3) is 5.91 Å². The second-order valence-electron chi connectivity index (χ2n) is 3.82. The molecule has 0 radical (unpaired) electrons. The Labute approximate surface area is 106 Å². The smallest absolute Gasteiger partial charge is 0.251 e. The van der Waals surface area contributed by atoms with E-state index in [2.05, 4.69) is 11.4 Å². The van der Waals surface area contributed by atoms with Gasteiger partial charge in [-0.25, -0.2) is 0 Å². The van der Waals surface area contributed by atoms with Crippen molar-refractivity contribution < 1.29 is 4.79 Å². The largest absolute Gasteiger partial charge is 0.355 e. The quantitative estimate of drug-likeness (QED) is 0.871. The molecule has 1 N–H and O–H groups in total. The van der Waals surface area contributed by atoms with Gasteiger partial charge in [-0.3, -0.25) is 4.79 Å². The molecule has 0 bridgehead atoms. The third kappa shape index (κ3) is 2.23. The van der Waals surface area contributed by atoms with Crippen molar-refractivity contribution in [3.63, 3.8) is 0 Å². The number of hydrogen-bond acceptors (Lipinski definition) is 2. The molecule has 0 unspecified atom stereocenters. The van der Waals surface area contributed by atoms with Crippen LogP contribution in [0.25, 0.3) is 11.1 Å². The number of carbonyl (C=O) groups excluding carboxylic acids is 1. The number of benzene rings is 2. The summed E-state index contributed by atoms with van der Waals surface area (Å²) in [7, 11) is 1.60. The van der Waals surface area contributed by atoms with Gasteiger partial charge in [-0.1, -0.05) is 30.3 Å². The molecule has 0 saturated heterocycles. The van der Waals surface area contributed by atoms with Crippen molar-refractivity contribution in [3.8, 4) is 17.2 Å². The van der Waals surface area contributed by atoms with Gasteiger partial charge in [0.05, 0.1) is 11.6 Å². The number of carbonyl (C=O) groups is 1. The lowest BCUT2D eigenvalue weighted by Gasteiger charge is -2.06. The second kappa shape index (κ2) is 5.15. The van der Waals surface area contributed by atoms with E-state index in [1.807, 2.05) is 30.3 Å². The zero-order valence-electron chi connectivity index (χ0n) is 9.97. The molecular formula is C15H12N2O. The van der Waals surface area contributed by atoms with E-state index in [1.54, 1.807) is 25.2 Å². The minimum Gasteiger partial charge on any atom is -0.355 e. The van der Waals surface area contributed by atoms with E-state index in [-0.39, 0.29) is 5.91 Å². The van der Waals surface area contributed by atoms with E-state index in [4.69, 9.17) is 5.26 Å². The van der Waals surface area contributed by atoms with Crippen LogP contribution in [0, 0.1) is 11.3 Å². The minimum atomic E-state index is -0.133. The van der Waals surface area contributed by atoms with Gasteiger partial charge in [-0.05, 0) is 29.3 Å². The summed E-state index contributed by atoms with van der Waals surface area (Å²) in [5.41, 5.74) is 2.90. The van der Waals surface area contributed by atoms with Crippen LogP contribution < -0.4 is 5.32 Å². The van der Waals surface area contributed by atoms with Gasteiger partial charge in [0.2, 0.25) is 0 Å². The molecule has 0 aliphatic heterocycles. The zero-order chi connectivity index (χ0) is 13.0. The number of amides is 1. The first-order valence-electron chi connectivity index (χ1n) is 5.58. The topological polar surface area (TPSA) is 52.9 Å². The SMILES string of the molecule is CNC(=O)c1cccc(-c2ccccc2C#N)c1. The van der Waals surface area contributed by atoms with Gasteiger partial charge in [-0.15, -0.1) is 0 Å². The van der Waals surface area contributed by atoms with Crippen molar-refractivity contribution in [1.82, 2.24) is 5.32 Å². The summed E-state index contributed by atoms with van der Waals surface area (Å²) in [5.74, 6) is -0.133. The molecule has 0 aliphatic carbocycles. The van der Waals surface area contributed by atoms with Crippen LogP contribution in [0.3, 0.4) is 0 Å². The fourth-order valence-electron chi connectivity index (χ4n) is 1.80. The Morgan fingerprint density at radius 2 is 1.94 bits per heavy atom. The average Bonchev–Trinajstić information content (AvgIpc) is 2.46. The highest BCUT2D eigenvalue weighted by atomic mass is 16.1. The van der Waals surface area contributed by atoms with Gasteiger partial charge in [-0.2, -0.15) is 5.26 Å². The molecule has 2 rings (SSSR count). The first kappa shape index (κ1) is 11.9. The number of nitriles is 1. The first-order chi connectivity index (χ1) is 8.76. The number of nitrogens with zero attached hydrogens (tertiary/aromatic N) is 1. The van der Waals surface area contributed by atoms with Crippen LogP contribution in [-0.4, -0.2) is 13.0 Å². The molecule has 0 saturated carbocycles. The molecule has 0 spiro atoms. The van der Waals surface area contributed by atoms with E-state index in [0.717, 1.165) is 11.1 Å². The summed E-state index contributed by atoms with van der Waals surface area (Å²) in [6.45, 7) is 0. The van der Waals surface area contributed by atoms with Crippen LogP contribution in [-0.2, 0) is 0 Å². The molecule has 2 aromatic rings. The van der Waals surface area contributed by atoms with Crippen molar-refractivity contribution >= 4 is 5.91 Å². The molecule has 3 nitrogen and oxygen atoms in total. The average molecular weight is 236 g/mol. The van der Waals surface area contributed by atoms with E-state index < -0.39 is 0 Å². The lowest BCUT2D eigenvalue weighted by atomic mass is 9.98. The first-order valence-corrected chi connectivity index (χ1v) is 5.58. The molecule has 0 fully saturated rings. The Kier molecular flexibility index (Phi) is 3.40. The van der Waals surface area contributed by atoms with E-state index in [1.165, 1.54) is 0 Å². The van der Waals surface area contributed by atoms with Crippen molar-refractivity contribution in [3.05, 3.63) is 59.7 Å². The Hall–Kier alpha value is -2.60. The summed E-state index contributed by atoms with van der Waals surface area (Å²) in [5, 5.41) is 11.7. The Morgan fingerprint density at radius 3 is 2.67 bits per heavy atom. The van der Waals surface area contributed by atoms with Gasteiger partial charge in [0.1, 0.15) is 0 Å². The van der Waals surface area contributed by atoms with E-state index >= 15 is 0 Å². The fourth-order valence-corrected chi connectivity index (χ4v) is 1.80. The number of rotatable bonds is 2. The van der Waals surface area contributed by atoms with Crippen molar-refractivity contribution in [1.29, 1.82) is 5.26 Å². The monoisotopic (exact) mass is 236 g/mol. The molecular weight excluding hydrogens is 224 g/mol. The summed E-state index contributed by atoms with van der Waals surface area (Å²) in [6.07, 6.45) is 0. The van der Waals surface area contributed by atoms with Crippen molar-refractivity contribution in [2.45, 2.75) is 0 Å². The van der Waals surface area contributed by atoms with E-state index in [0.29, 0.717) is 11.1 Å². The zero-order valence-corrected chi connectivity index (χ0v) is 9.97. The molecule has 0 aromatic heterocycles. The second-order valence-corrected chi connectivity index (χ2v) is 3.82. The summed E-state index contributed by atoms with van der Waals surface area (Å²) in [6, 6.07) is 16.7. The lowest BCUT2D eigenvalue weighted by Crippen LogP contribution is -2.17. The van der Waals surface area contributed by atoms with Crippen LogP contribution in [0.2, 0.25) is 0 Å². The van der Waals surface area contributed by atoms with E-state index in [9.17, 15) is 4.79 Å². The van der Waals surface area contributed by atoms with Crippen molar-refractivity contribution in [2.75, 3.05) is 7.05 Å². The van der Waals surface area contributed by atoms with Crippen LogP contribution in [0.15, 0.2) is 48.5 Å². The fraction of sp³-hybridized carbons (Fsp3) is 0.0667. The molecule has 0 heterocycles. The third-order valence-electron chi connectivity index (χ3n) is 2.71. The standard InChI is InChI=1S/C15H12N2O/c1-17-15(18)12-7-4-6-11(9-12)14-8-3-2-5-13(14)10-16/h2-9H,1H3,(H,17,18). The number of hydrogen-bond donors (Lipinski definition) is 1. The Morgan fingerprint density at radius 1 is 1.17 bits per heavy atom. The summed E-state index contributed by atoms with van der Waals surface area (Å²) in [4.78, 5) is 11.6. The molecule has 3 heteroatoms. The maximum absolute atomic E-state index is 11.6. The van der Waals surface area contributed by atoms with Gasteiger partial charge in [0, 0.05) is 12.6 Å². The summed E-state index contributed by atoms with van der Waals surface area (Å²) >= 11 is 0.